The highest BCUT2D eigenvalue weighted by Crippen LogP contribution is 2.27. The molecular weight excluding hydrogens is 313 g/mol. The molecule has 2 aromatic rings. The van der Waals surface area contributed by atoms with Gasteiger partial charge in [0.1, 0.15) is 0 Å². The number of nitrogens with one attached hydrogen (secondary N) is 1. The second-order valence-corrected chi connectivity index (χ2v) is 4.99. The van der Waals surface area contributed by atoms with E-state index in [1.807, 2.05) is 6.07 Å². The van der Waals surface area contributed by atoms with E-state index >= 15 is 0 Å². The summed E-state index contributed by atoms with van der Waals surface area (Å²) >= 11 is 0. The normalized spacial score (nSPS) is 10.1. The van der Waals surface area contributed by atoms with Crippen molar-refractivity contribution in [3.8, 4) is 17.2 Å². The van der Waals surface area contributed by atoms with Crippen LogP contribution in [-0.2, 0) is 11.3 Å². The average molecular weight is 333 g/mol. The van der Waals surface area contributed by atoms with Crippen LogP contribution < -0.4 is 19.5 Å². The molecule has 0 atom stereocenters. The van der Waals surface area contributed by atoms with Gasteiger partial charge >= 0.3 is 0 Å². The highest BCUT2D eigenvalue weighted by molar-refractivity contribution is 5.76. The summed E-state index contributed by atoms with van der Waals surface area (Å²) in [5.74, 6) is 0.757. The van der Waals surface area contributed by atoms with Gasteiger partial charge in [0, 0.05) is 6.54 Å². The van der Waals surface area contributed by atoms with Gasteiger partial charge in [-0.15, -0.1) is 0 Å². The quantitative estimate of drug-likeness (QED) is 0.807. The molecule has 24 heavy (non-hydrogen) atoms. The molecule has 2 aromatic carbocycles. The minimum Gasteiger partial charge on any atom is -0.493 e. The summed E-state index contributed by atoms with van der Waals surface area (Å²) in [5.41, 5.74) is 0.885. The predicted molar refractivity (Wildman–Crippen MR) is 87.9 cm³/mol. The van der Waals surface area contributed by atoms with Crippen molar-refractivity contribution in [1.29, 1.82) is 0 Å². The minimum atomic E-state index is -0.441. The molecule has 1 amide bonds. The zero-order chi connectivity index (χ0) is 17.4. The lowest BCUT2D eigenvalue weighted by Crippen LogP contribution is -2.24. The van der Waals surface area contributed by atoms with Crippen molar-refractivity contribution >= 4 is 5.91 Å². The second kappa shape index (κ2) is 8.76. The van der Waals surface area contributed by atoms with Gasteiger partial charge in [0.05, 0.1) is 27.2 Å². The molecule has 0 radical (unpaired) electrons. The van der Waals surface area contributed by atoms with Crippen molar-refractivity contribution in [2.45, 2.75) is 13.0 Å². The Bertz CT molecular complexity index is 690. The fourth-order valence-electron chi connectivity index (χ4n) is 2.10. The van der Waals surface area contributed by atoms with Crippen LogP contribution in [-0.4, -0.2) is 26.7 Å². The van der Waals surface area contributed by atoms with Gasteiger partial charge < -0.3 is 19.5 Å². The van der Waals surface area contributed by atoms with Gasteiger partial charge in [-0.2, -0.15) is 0 Å². The number of ether oxygens (including phenoxy) is 3. The monoisotopic (exact) mass is 333 g/mol. The first-order chi connectivity index (χ1) is 11.6. The largest absolute Gasteiger partial charge is 0.493 e. The Morgan fingerprint density at radius 3 is 2.50 bits per heavy atom. The van der Waals surface area contributed by atoms with E-state index < -0.39 is 5.82 Å². The predicted octanol–water partition coefficient (Wildman–Crippen LogP) is 2.93. The summed E-state index contributed by atoms with van der Waals surface area (Å²) in [6.45, 7) is 0.470. The van der Waals surface area contributed by atoms with Crippen LogP contribution in [0.1, 0.15) is 12.0 Å². The van der Waals surface area contributed by atoms with Gasteiger partial charge in [0.15, 0.2) is 23.1 Å². The van der Waals surface area contributed by atoms with E-state index in [-0.39, 0.29) is 24.7 Å². The fourth-order valence-corrected chi connectivity index (χ4v) is 2.10. The van der Waals surface area contributed by atoms with E-state index in [1.54, 1.807) is 38.5 Å². The van der Waals surface area contributed by atoms with Gasteiger partial charge in [-0.05, 0) is 29.8 Å². The number of hydrogen-bond donors (Lipinski definition) is 1. The molecule has 0 saturated carbocycles. The Hall–Kier alpha value is -2.76. The first-order valence-electron chi connectivity index (χ1n) is 7.49. The Morgan fingerprint density at radius 2 is 1.79 bits per heavy atom. The molecule has 0 aromatic heterocycles. The van der Waals surface area contributed by atoms with Crippen LogP contribution in [0.3, 0.4) is 0 Å². The Balaban J connectivity index is 1.78. The van der Waals surface area contributed by atoms with Gasteiger partial charge in [-0.1, -0.05) is 18.2 Å². The maximum atomic E-state index is 13.4. The molecule has 0 aliphatic heterocycles. The van der Waals surface area contributed by atoms with Crippen LogP contribution in [0.4, 0.5) is 4.39 Å². The lowest BCUT2D eigenvalue weighted by atomic mass is 10.2. The highest BCUT2D eigenvalue weighted by Gasteiger charge is 2.07. The van der Waals surface area contributed by atoms with Crippen molar-refractivity contribution < 1.29 is 23.4 Å². The summed E-state index contributed by atoms with van der Waals surface area (Å²) in [6, 6.07) is 11.5. The van der Waals surface area contributed by atoms with E-state index in [2.05, 4.69) is 5.32 Å². The van der Waals surface area contributed by atoms with Crippen molar-refractivity contribution in [2.24, 2.45) is 0 Å². The number of carbonyl (C=O) groups excluding carboxylic acids is 1. The molecule has 5 nitrogen and oxygen atoms in total. The number of rotatable bonds is 8. The van der Waals surface area contributed by atoms with Crippen molar-refractivity contribution in [2.75, 3.05) is 20.8 Å². The number of methoxy groups -OCH3 is 2. The van der Waals surface area contributed by atoms with Crippen molar-refractivity contribution in [3.63, 3.8) is 0 Å². The molecule has 0 bridgehead atoms. The fraction of sp³-hybridized carbons (Fsp3) is 0.278. The van der Waals surface area contributed by atoms with Gasteiger partial charge in [-0.3, -0.25) is 4.79 Å². The third kappa shape index (κ3) is 4.87. The zero-order valence-corrected chi connectivity index (χ0v) is 13.7. The summed E-state index contributed by atoms with van der Waals surface area (Å²) in [7, 11) is 3.12. The molecule has 0 fully saturated rings. The van der Waals surface area contributed by atoms with Gasteiger partial charge in [-0.25, -0.2) is 4.39 Å². The van der Waals surface area contributed by atoms with Gasteiger partial charge in [0.25, 0.3) is 0 Å². The molecule has 2 rings (SSSR count). The Kier molecular flexibility index (Phi) is 6.42. The van der Waals surface area contributed by atoms with Crippen LogP contribution in [0.5, 0.6) is 17.2 Å². The van der Waals surface area contributed by atoms with Crippen molar-refractivity contribution in [3.05, 3.63) is 53.8 Å². The highest BCUT2D eigenvalue weighted by atomic mass is 19.1. The topological polar surface area (TPSA) is 56.8 Å². The number of carbonyl (C=O) groups is 1. The summed E-state index contributed by atoms with van der Waals surface area (Å²) in [6.07, 6.45) is 0.140. The average Bonchev–Trinajstić information content (AvgIpc) is 2.61. The zero-order valence-electron chi connectivity index (χ0n) is 13.7. The summed E-state index contributed by atoms with van der Waals surface area (Å²) < 4.78 is 29.0. The summed E-state index contributed by atoms with van der Waals surface area (Å²) in [4.78, 5) is 11.8. The van der Waals surface area contributed by atoms with E-state index in [0.29, 0.717) is 18.0 Å². The molecule has 0 aliphatic carbocycles. The Labute approximate surface area is 140 Å². The first-order valence-corrected chi connectivity index (χ1v) is 7.49. The third-order valence-electron chi connectivity index (χ3n) is 3.36. The molecule has 0 unspecified atom stereocenters. The number of hydrogen-bond acceptors (Lipinski definition) is 4. The van der Waals surface area contributed by atoms with E-state index in [1.165, 1.54) is 12.1 Å². The molecule has 0 heterocycles. The van der Waals surface area contributed by atoms with E-state index in [4.69, 9.17) is 14.2 Å². The van der Waals surface area contributed by atoms with Crippen LogP contribution in [0.15, 0.2) is 42.5 Å². The lowest BCUT2D eigenvalue weighted by molar-refractivity contribution is -0.121. The second-order valence-electron chi connectivity index (χ2n) is 4.99. The van der Waals surface area contributed by atoms with Crippen LogP contribution >= 0.6 is 0 Å². The third-order valence-corrected chi connectivity index (χ3v) is 3.36. The maximum Gasteiger partial charge on any atom is 0.223 e. The number of amides is 1. The van der Waals surface area contributed by atoms with Crippen LogP contribution in [0.2, 0.25) is 0 Å². The number of benzene rings is 2. The molecule has 0 spiro atoms. The van der Waals surface area contributed by atoms with Crippen LogP contribution in [0.25, 0.3) is 0 Å². The SMILES string of the molecule is COc1ccc(CNC(=O)CCOc2ccccc2F)cc1OC. The number of halogens is 1. The molecule has 0 aliphatic rings. The van der Waals surface area contributed by atoms with Crippen LogP contribution in [0, 0.1) is 5.82 Å². The van der Waals surface area contributed by atoms with E-state index in [9.17, 15) is 9.18 Å². The maximum absolute atomic E-state index is 13.4. The molecule has 1 N–H and O–H groups in total. The first kappa shape index (κ1) is 17.6. The summed E-state index contributed by atoms with van der Waals surface area (Å²) in [5, 5.41) is 2.78. The molecule has 128 valence electrons. The molecule has 6 heteroatoms. The number of para-hydroxylation sites is 1. The standard InChI is InChI=1S/C18H20FNO4/c1-22-16-8-7-13(11-17(16)23-2)12-20-18(21)9-10-24-15-6-4-3-5-14(15)19/h3-8,11H,9-10,12H2,1-2H3,(H,20,21). The smallest absolute Gasteiger partial charge is 0.223 e. The lowest BCUT2D eigenvalue weighted by Gasteiger charge is -2.11. The molecule has 0 saturated heterocycles. The minimum absolute atomic E-state index is 0.110. The van der Waals surface area contributed by atoms with E-state index in [0.717, 1.165) is 5.56 Å². The Morgan fingerprint density at radius 1 is 1.04 bits per heavy atom. The van der Waals surface area contributed by atoms with Gasteiger partial charge in [0.2, 0.25) is 5.91 Å². The van der Waals surface area contributed by atoms with Crippen molar-refractivity contribution in [1.82, 2.24) is 5.32 Å². The molecular formula is C18H20FNO4.